The van der Waals surface area contributed by atoms with Gasteiger partial charge in [-0.2, -0.15) is 0 Å². The quantitative estimate of drug-likeness (QED) is 0.655. The number of hydrogen-bond acceptors (Lipinski definition) is 5. The molecule has 1 atom stereocenters. The Labute approximate surface area is 174 Å². The number of nitrogens with one attached hydrogen (secondary N) is 1. The minimum absolute atomic E-state index is 0.195. The van der Waals surface area contributed by atoms with Crippen molar-refractivity contribution >= 4 is 27.3 Å². The lowest BCUT2D eigenvalue weighted by Gasteiger charge is -2.30. The number of rotatable bonds is 5. The topological polar surface area (TPSA) is 106 Å². The monoisotopic (exact) mass is 429 g/mol. The number of fused-ring (bicyclic) bond motifs is 1. The molecule has 4 rings (SSSR count). The molecule has 0 bridgehead atoms. The lowest BCUT2D eigenvalue weighted by Crippen LogP contribution is -2.43. The van der Waals surface area contributed by atoms with Crippen molar-refractivity contribution in [2.75, 3.05) is 24.7 Å². The number of benzene rings is 1. The number of carbonyl (C=O) groups is 1. The number of amides is 1. The zero-order valence-corrected chi connectivity index (χ0v) is 17.4. The summed E-state index contributed by atoms with van der Waals surface area (Å²) in [6.45, 7) is 0.919. The second-order valence-electron chi connectivity index (χ2n) is 7.52. The first-order valence-corrected chi connectivity index (χ1v) is 11.6. The number of hydrogen-bond donors (Lipinski definition) is 1. The van der Waals surface area contributed by atoms with Crippen molar-refractivity contribution in [2.45, 2.75) is 19.4 Å². The largest absolute Gasteiger partial charge is 0.350 e. The molecule has 1 amide bonds. The molecule has 1 aromatic carbocycles. The maximum atomic E-state index is 12.7. The Morgan fingerprint density at radius 1 is 1.23 bits per heavy atom. The minimum atomic E-state index is -3.31. The van der Waals surface area contributed by atoms with E-state index in [1.807, 2.05) is 12.1 Å². The number of nitrogens with zero attached hydrogens (tertiary/aromatic N) is 4. The summed E-state index contributed by atoms with van der Waals surface area (Å²) in [5, 5.41) is 7.20. The fraction of sp³-hybridized carbons (Fsp3) is 0.350. The van der Waals surface area contributed by atoms with Gasteiger partial charge in [0.25, 0.3) is 0 Å². The molecule has 0 radical (unpaired) electrons. The normalized spacial score (nSPS) is 17.8. The molecule has 2 aromatic heterocycles. The first-order chi connectivity index (χ1) is 14.3. The molecule has 9 nitrogen and oxygen atoms in total. The van der Waals surface area contributed by atoms with Crippen LogP contribution in [0.1, 0.15) is 18.4 Å². The van der Waals surface area contributed by atoms with Gasteiger partial charge in [0, 0.05) is 25.0 Å². The van der Waals surface area contributed by atoms with Gasteiger partial charge in [0.2, 0.25) is 15.9 Å². The molecule has 158 valence electrons. The summed E-state index contributed by atoms with van der Waals surface area (Å²) < 4.78 is 27.8. The molecule has 1 aliphatic rings. The van der Waals surface area contributed by atoms with E-state index in [4.69, 9.17) is 0 Å². The van der Waals surface area contributed by atoms with E-state index >= 15 is 0 Å². The lowest BCUT2D eigenvalue weighted by molar-refractivity contribution is -0.120. The van der Waals surface area contributed by atoms with Crippen LogP contribution in [0.2, 0.25) is 0 Å². The number of anilines is 1. The highest BCUT2D eigenvalue weighted by Crippen LogP contribution is 2.21. The van der Waals surface area contributed by atoms with Crippen molar-refractivity contribution < 1.29 is 13.2 Å². The van der Waals surface area contributed by atoms with Gasteiger partial charge in [-0.05, 0) is 42.7 Å². The van der Waals surface area contributed by atoms with Crippen LogP contribution < -0.4 is 11.0 Å². The predicted molar refractivity (Wildman–Crippen MR) is 113 cm³/mol. The standard InChI is InChI=1S/C20H23N5O4S/c1-30(28,29)23-10-5-7-16(14-23)19(26)21-17-8-4-6-15(12-17)13-25-20(27)24-11-3-2-9-18(24)22-25/h2-4,6,8-9,11-12,16H,5,7,10,13-14H2,1H3,(H,21,26)/t16-/m0/s1. The second kappa shape index (κ2) is 8.04. The zero-order valence-electron chi connectivity index (χ0n) is 16.6. The van der Waals surface area contributed by atoms with Crippen LogP contribution in [-0.2, 0) is 21.4 Å². The Balaban J connectivity index is 1.47. The molecule has 0 saturated carbocycles. The van der Waals surface area contributed by atoms with E-state index in [2.05, 4.69) is 10.4 Å². The second-order valence-corrected chi connectivity index (χ2v) is 9.50. The molecular formula is C20H23N5O4S. The molecule has 3 heterocycles. The zero-order chi connectivity index (χ0) is 21.3. The molecular weight excluding hydrogens is 406 g/mol. The molecule has 3 aromatic rings. The Bertz CT molecular complexity index is 1250. The number of piperidine rings is 1. The van der Waals surface area contributed by atoms with E-state index in [0.29, 0.717) is 30.7 Å². The van der Waals surface area contributed by atoms with Crippen molar-refractivity contribution in [3.05, 3.63) is 64.7 Å². The van der Waals surface area contributed by atoms with Gasteiger partial charge in [0.1, 0.15) is 0 Å². The van der Waals surface area contributed by atoms with E-state index in [9.17, 15) is 18.0 Å². The van der Waals surface area contributed by atoms with Gasteiger partial charge < -0.3 is 5.32 Å². The molecule has 1 aliphatic heterocycles. The van der Waals surface area contributed by atoms with Crippen LogP contribution in [-0.4, -0.2) is 52.2 Å². The number of sulfonamides is 1. The highest BCUT2D eigenvalue weighted by atomic mass is 32.2. The fourth-order valence-corrected chi connectivity index (χ4v) is 4.60. The maximum absolute atomic E-state index is 12.7. The van der Waals surface area contributed by atoms with E-state index in [1.54, 1.807) is 36.5 Å². The van der Waals surface area contributed by atoms with Gasteiger partial charge in [0.05, 0.1) is 18.7 Å². The summed E-state index contributed by atoms with van der Waals surface area (Å²) >= 11 is 0. The van der Waals surface area contributed by atoms with Gasteiger partial charge in [-0.3, -0.25) is 9.20 Å². The van der Waals surface area contributed by atoms with Crippen molar-refractivity contribution in [3.63, 3.8) is 0 Å². The molecule has 0 spiro atoms. The third-order valence-corrected chi connectivity index (χ3v) is 6.51. The summed E-state index contributed by atoms with van der Waals surface area (Å²) in [6.07, 6.45) is 4.13. The summed E-state index contributed by atoms with van der Waals surface area (Å²) in [4.78, 5) is 25.1. The lowest BCUT2D eigenvalue weighted by atomic mass is 9.98. The van der Waals surface area contributed by atoms with Gasteiger partial charge in [0.15, 0.2) is 5.65 Å². The third-order valence-electron chi connectivity index (χ3n) is 5.24. The average Bonchev–Trinajstić information content (AvgIpc) is 3.03. The summed E-state index contributed by atoms with van der Waals surface area (Å²) in [5.41, 5.74) is 1.76. The number of aromatic nitrogens is 3. The van der Waals surface area contributed by atoms with E-state index < -0.39 is 15.9 Å². The van der Waals surface area contributed by atoms with E-state index in [0.717, 1.165) is 11.8 Å². The SMILES string of the molecule is CS(=O)(=O)N1CCC[C@H](C(=O)Nc2cccc(Cn3nc4ccccn4c3=O)c2)C1. The van der Waals surface area contributed by atoms with Gasteiger partial charge in [-0.1, -0.05) is 18.2 Å². The van der Waals surface area contributed by atoms with Gasteiger partial charge in [-0.25, -0.2) is 22.2 Å². The highest BCUT2D eigenvalue weighted by molar-refractivity contribution is 7.88. The molecule has 30 heavy (non-hydrogen) atoms. The fourth-order valence-electron chi connectivity index (χ4n) is 3.69. The van der Waals surface area contributed by atoms with Crippen LogP contribution in [0.4, 0.5) is 5.69 Å². The Hall–Kier alpha value is -2.98. The molecule has 1 fully saturated rings. The van der Waals surface area contributed by atoms with Crippen LogP contribution in [0.15, 0.2) is 53.5 Å². The third kappa shape index (κ3) is 4.29. The van der Waals surface area contributed by atoms with Crippen LogP contribution >= 0.6 is 0 Å². The first-order valence-electron chi connectivity index (χ1n) is 9.70. The summed E-state index contributed by atoms with van der Waals surface area (Å²) in [5.74, 6) is -0.594. The maximum Gasteiger partial charge on any atom is 0.350 e. The Morgan fingerprint density at radius 2 is 2.07 bits per heavy atom. The molecule has 1 saturated heterocycles. The van der Waals surface area contributed by atoms with Crippen molar-refractivity contribution in [2.24, 2.45) is 5.92 Å². The molecule has 10 heteroatoms. The van der Waals surface area contributed by atoms with Crippen LogP contribution in [0.25, 0.3) is 5.65 Å². The molecule has 0 aliphatic carbocycles. The van der Waals surface area contributed by atoms with E-state index in [1.165, 1.54) is 13.4 Å². The van der Waals surface area contributed by atoms with Crippen molar-refractivity contribution in [3.8, 4) is 0 Å². The Kier molecular flexibility index (Phi) is 5.44. The molecule has 0 unspecified atom stereocenters. The van der Waals surface area contributed by atoms with E-state index in [-0.39, 0.29) is 24.7 Å². The van der Waals surface area contributed by atoms with Crippen LogP contribution in [0.3, 0.4) is 0 Å². The first kappa shape index (κ1) is 20.3. The van der Waals surface area contributed by atoms with Crippen molar-refractivity contribution in [1.82, 2.24) is 18.5 Å². The van der Waals surface area contributed by atoms with Gasteiger partial charge >= 0.3 is 5.69 Å². The average molecular weight is 430 g/mol. The number of pyridine rings is 1. The minimum Gasteiger partial charge on any atom is -0.326 e. The number of carbonyl (C=O) groups excluding carboxylic acids is 1. The summed E-state index contributed by atoms with van der Waals surface area (Å²) in [6, 6.07) is 12.6. The molecule has 1 N–H and O–H groups in total. The smallest absolute Gasteiger partial charge is 0.326 e. The van der Waals surface area contributed by atoms with Crippen molar-refractivity contribution in [1.29, 1.82) is 0 Å². The van der Waals surface area contributed by atoms with Crippen LogP contribution in [0.5, 0.6) is 0 Å². The van der Waals surface area contributed by atoms with Crippen LogP contribution in [0, 0.1) is 5.92 Å². The van der Waals surface area contributed by atoms with Gasteiger partial charge in [-0.15, -0.1) is 5.10 Å². The Morgan fingerprint density at radius 3 is 2.83 bits per heavy atom. The predicted octanol–water partition coefficient (Wildman–Crippen LogP) is 1.15. The summed E-state index contributed by atoms with van der Waals surface area (Å²) in [7, 11) is -3.31. The highest BCUT2D eigenvalue weighted by Gasteiger charge is 2.30.